The fourth-order valence-corrected chi connectivity index (χ4v) is 0.341. The molecule has 56 valence electrons. The molecule has 0 amide bonds. The van der Waals surface area contributed by atoms with Gasteiger partial charge in [0.15, 0.2) is 6.19 Å². The molecular weight excluding hydrogens is 132 g/mol. The molecule has 0 saturated carbocycles. The van der Waals surface area contributed by atoms with Gasteiger partial charge in [-0.25, -0.2) is 4.99 Å². The van der Waals surface area contributed by atoms with Crippen LogP contribution >= 0.6 is 0 Å². The third kappa shape index (κ3) is 3.69. The first-order valence-electron chi connectivity index (χ1n) is 2.87. The average molecular weight is 142 g/mol. The van der Waals surface area contributed by atoms with Gasteiger partial charge in [0.25, 0.3) is 0 Å². The molecule has 0 rings (SSSR count). The lowest BCUT2D eigenvalue weighted by Crippen LogP contribution is -2.29. The number of aliphatic hydroxyl groups excluding tert-OH is 1. The van der Waals surface area contributed by atoms with Gasteiger partial charge in [0.1, 0.15) is 6.23 Å². The predicted molar refractivity (Wildman–Crippen MR) is 36.7 cm³/mol. The van der Waals surface area contributed by atoms with Crippen LogP contribution in [0.25, 0.3) is 0 Å². The number of rotatable bonds is 2. The second-order valence-corrected chi connectivity index (χ2v) is 1.64. The Kier molecular flexibility index (Phi) is 4.00. The van der Waals surface area contributed by atoms with Gasteiger partial charge in [-0.3, -0.25) is 5.32 Å². The molecule has 0 aliphatic rings. The molecule has 10 heavy (non-hydrogen) atoms. The van der Waals surface area contributed by atoms with Crippen LogP contribution in [0.3, 0.4) is 0 Å². The number of hydrogen-bond donors (Lipinski definition) is 3. The summed E-state index contributed by atoms with van der Waals surface area (Å²) < 4.78 is 0. The highest BCUT2D eigenvalue weighted by molar-refractivity contribution is 5.79. The summed E-state index contributed by atoms with van der Waals surface area (Å²) in [5.74, 6) is -0.0585. The van der Waals surface area contributed by atoms with Crippen LogP contribution in [-0.4, -0.2) is 17.3 Å². The van der Waals surface area contributed by atoms with Crippen molar-refractivity contribution in [1.29, 1.82) is 5.26 Å². The monoisotopic (exact) mass is 142 g/mol. The van der Waals surface area contributed by atoms with Crippen molar-refractivity contribution in [2.45, 2.75) is 19.6 Å². The summed E-state index contributed by atoms with van der Waals surface area (Å²) in [5.41, 5.74) is 5.12. The molecule has 1 atom stereocenters. The van der Waals surface area contributed by atoms with Crippen LogP contribution in [0.1, 0.15) is 13.3 Å². The maximum absolute atomic E-state index is 8.84. The third-order valence-corrected chi connectivity index (χ3v) is 0.837. The molecule has 0 aromatic carbocycles. The SMILES string of the molecule is CCC(O)/N=C(\N)NC#N. The van der Waals surface area contributed by atoms with E-state index in [1.54, 1.807) is 13.1 Å². The minimum atomic E-state index is -0.819. The van der Waals surface area contributed by atoms with Crippen molar-refractivity contribution in [3.8, 4) is 6.19 Å². The van der Waals surface area contributed by atoms with Gasteiger partial charge in [0.2, 0.25) is 5.96 Å². The van der Waals surface area contributed by atoms with Gasteiger partial charge in [-0.2, -0.15) is 5.26 Å². The minimum Gasteiger partial charge on any atom is -0.372 e. The molecule has 0 spiro atoms. The van der Waals surface area contributed by atoms with E-state index in [1.165, 1.54) is 0 Å². The topological polar surface area (TPSA) is 94.4 Å². The van der Waals surface area contributed by atoms with Crippen molar-refractivity contribution in [1.82, 2.24) is 5.32 Å². The third-order valence-electron chi connectivity index (χ3n) is 0.837. The van der Waals surface area contributed by atoms with E-state index in [2.05, 4.69) is 10.3 Å². The van der Waals surface area contributed by atoms with E-state index in [-0.39, 0.29) is 5.96 Å². The summed E-state index contributed by atoms with van der Waals surface area (Å²) >= 11 is 0. The number of nitriles is 1. The van der Waals surface area contributed by atoms with E-state index in [0.29, 0.717) is 6.42 Å². The number of nitrogens with two attached hydrogens (primary N) is 1. The lowest BCUT2D eigenvalue weighted by Gasteiger charge is -2.00. The number of aliphatic hydroxyl groups is 1. The van der Waals surface area contributed by atoms with E-state index < -0.39 is 6.23 Å². The number of hydrogen-bond acceptors (Lipinski definition) is 3. The number of nitrogens with one attached hydrogen (secondary N) is 1. The highest BCUT2D eigenvalue weighted by Crippen LogP contribution is 1.88. The molecule has 0 radical (unpaired) electrons. The Labute approximate surface area is 59.2 Å². The lowest BCUT2D eigenvalue weighted by molar-refractivity contribution is 0.180. The predicted octanol–water partition coefficient (Wildman–Crippen LogP) is -0.900. The normalized spacial score (nSPS) is 13.9. The summed E-state index contributed by atoms with van der Waals surface area (Å²) in [7, 11) is 0. The van der Waals surface area contributed by atoms with E-state index in [0.717, 1.165) is 0 Å². The Balaban J connectivity index is 3.79. The molecule has 0 saturated heterocycles. The summed E-state index contributed by atoms with van der Waals surface area (Å²) in [6, 6.07) is 0. The lowest BCUT2D eigenvalue weighted by atomic mass is 10.4. The number of nitrogens with zero attached hydrogens (tertiary/aromatic N) is 2. The van der Waals surface area contributed by atoms with Crippen molar-refractivity contribution in [2.24, 2.45) is 10.7 Å². The Morgan fingerprint density at radius 2 is 2.60 bits per heavy atom. The van der Waals surface area contributed by atoms with Crippen LogP contribution in [-0.2, 0) is 0 Å². The van der Waals surface area contributed by atoms with Crippen LogP contribution in [0, 0.1) is 11.5 Å². The van der Waals surface area contributed by atoms with Crippen LogP contribution in [0.2, 0.25) is 0 Å². The number of guanidine groups is 1. The maximum atomic E-state index is 8.84. The fourth-order valence-electron chi connectivity index (χ4n) is 0.341. The van der Waals surface area contributed by atoms with Crippen LogP contribution in [0.4, 0.5) is 0 Å². The zero-order chi connectivity index (χ0) is 7.98. The van der Waals surface area contributed by atoms with Crippen molar-refractivity contribution in [3.63, 3.8) is 0 Å². The Hall–Kier alpha value is -1.28. The first-order chi connectivity index (χ1) is 4.70. The van der Waals surface area contributed by atoms with Crippen LogP contribution in [0.15, 0.2) is 4.99 Å². The molecule has 5 nitrogen and oxygen atoms in total. The standard InChI is InChI=1S/C5H10N4O/c1-2-4(10)9-5(7)8-3-6/h4,10H,2H2,1H3,(H3,7,8,9). The van der Waals surface area contributed by atoms with Gasteiger partial charge >= 0.3 is 0 Å². The van der Waals surface area contributed by atoms with Gasteiger partial charge in [0, 0.05) is 0 Å². The number of aliphatic imine (C=N–C) groups is 1. The average Bonchev–Trinajstić information content (AvgIpc) is 1.88. The highest BCUT2D eigenvalue weighted by atomic mass is 16.3. The first-order valence-corrected chi connectivity index (χ1v) is 2.87. The van der Waals surface area contributed by atoms with Crippen molar-refractivity contribution < 1.29 is 5.11 Å². The van der Waals surface area contributed by atoms with E-state index in [1.807, 2.05) is 0 Å². The van der Waals surface area contributed by atoms with Crippen molar-refractivity contribution in [2.75, 3.05) is 0 Å². The smallest absolute Gasteiger partial charge is 0.204 e. The largest absolute Gasteiger partial charge is 0.372 e. The molecule has 0 heterocycles. The van der Waals surface area contributed by atoms with Crippen molar-refractivity contribution in [3.05, 3.63) is 0 Å². The molecule has 0 aliphatic carbocycles. The molecule has 1 unspecified atom stereocenters. The summed E-state index contributed by atoms with van der Waals surface area (Å²) in [6.07, 6.45) is 1.24. The zero-order valence-electron chi connectivity index (χ0n) is 5.70. The molecule has 0 aromatic heterocycles. The molecule has 0 bridgehead atoms. The van der Waals surface area contributed by atoms with Gasteiger partial charge in [0.05, 0.1) is 0 Å². The van der Waals surface area contributed by atoms with Gasteiger partial charge in [-0.05, 0) is 6.42 Å². The first kappa shape index (κ1) is 8.72. The quantitative estimate of drug-likeness (QED) is 0.201. The summed E-state index contributed by atoms with van der Waals surface area (Å²) in [6.45, 7) is 1.76. The van der Waals surface area contributed by atoms with Crippen molar-refractivity contribution >= 4 is 5.96 Å². The van der Waals surface area contributed by atoms with Crippen LogP contribution in [0.5, 0.6) is 0 Å². The van der Waals surface area contributed by atoms with E-state index in [4.69, 9.17) is 16.1 Å². The second kappa shape index (κ2) is 4.58. The molecule has 4 N–H and O–H groups in total. The van der Waals surface area contributed by atoms with E-state index in [9.17, 15) is 0 Å². The highest BCUT2D eigenvalue weighted by Gasteiger charge is 1.96. The van der Waals surface area contributed by atoms with Gasteiger partial charge in [-0.15, -0.1) is 0 Å². The van der Waals surface area contributed by atoms with Crippen LogP contribution < -0.4 is 11.1 Å². The molecule has 0 aliphatic heterocycles. The van der Waals surface area contributed by atoms with Gasteiger partial charge < -0.3 is 10.8 Å². The van der Waals surface area contributed by atoms with Gasteiger partial charge in [-0.1, -0.05) is 6.92 Å². The fraction of sp³-hybridized carbons (Fsp3) is 0.600. The van der Waals surface area contributed by atoms with E-state index >= 15 is 0 Å². The zero-order valence-corrected chi connectivity index (χ0v) is 5.70. The summed E-state index contributed by atoms with van der Waals surface area (Å²) in [5, 5.41) is 18.9. The minimum absolute atomic E-state index is 0.0585. The Morgan fingerprint density at radius 3 is 3.00 bits per heavy atom. The molecular formula is C5H10N4O. The summed E-state index contributed by atoms with van der Waals surface area (Å²) in [4.78, 5) is 3.50. The molecule has 5 heteroatoms. The molecule has 0 aromatic rings. The maximum Gasteiger partial charge on any atom is 0.204 e. The molecule has 0 fully saturated rings. The second-order valence-electron chi connectivity index (χ2n) is 1.64. The Bertz CT molecular complexity index is 160. The Morgan fingerprint density at radius 1 is 2.00 bits per heavy atom.